The minimum absolute atomic E-state index is 0.392. The van der Waals surface area contributed by atoms with Crippen molar-refractivity contribution in [2.45, 2.75) is 62.0 Å². The molecule has 0 saturated heterocycles. The largest absolute Gasteiger partial charge is 0.469 e. The lowest BCUT2D eigenvalue weighted by atomic mass is 10.1. The van der Waals surface area contributed by atoms with Gasteiger partial charge in [0, 0.05) is 14.5 Å². The lowest BCUT2D eigenvalue weighted by molar-refractivity contribution is 0.496. The Hall–Kier alpha value is -1.59. The molecule has 1 heterocycles. The van der Waals surface area contributed by atoms with Crippen LogP contribution in [0.5, 0.6) is 0 Å². The highest BCUT2D eigenvalue weighted by molar-refractivity contribution is 7.92. The zero-order chi connectivity index (χ0) is 19.4. The monoisotopic (exact) mass is 390 g/mol. The Balaban J connectivity index is 2.23. The molecule has 0 spiro atoms. The zero-order valence-corrected chi connectivity index (χ0v) is 18.1. The second kappa shape index (κ2) is 8.40. The van der Waals surface area contributed by atoms with Crippen LogP contribution in [0.1, 0.15) is 24.2 Å². The van der Waals surface area contributed by atoms with E-state index in [0.29, 0.717) is 11.3 Å². The highest BCUT2D eigenvalue weighted by Gasteiger charge is 2.31. The molecule has 3 nitrogen and oxygen atoms in total. The van der Waals surface area contributed by atoms with Crippen molar-refractivity contribution in [2.75, 3.05) is 0 Å². The number of hydrogen-bond acceptors (Lipinski definition) is 3. The maximum atomic E-state index is 13.3. The van der Waals surface area contributed by atoms with Crippen LogP contribution in [0.4, 0.5) is 0 Å². The standard InChI is InChI=1S/C21H30O3SSi/c1-17-11-13-20(14-12-17)25(22,23)21(18(2)16-26(3,4)5)10-6-8-19-9-7-15-24-19/h7,9,11-15,21H,2,6,8,10,16H2,1,3-5H3. The van der Waals surface area contributed by atoms with Crippen LogP contribution < -0.4 is 0 Å². The van der Waals surface area contributed by atoms with Gasteiger partial charge >= 0.3 is 0 Å². The van der Waals surface area contributed by atoms with E-state index in [1.807, 2.05) is 31.2 Å². The zero-order valence-electron chi connectivity index (χ0n) is 16.3. The van der Waals surface area contributed by atoms with Crippen molar-refractivity contribution in [2.24, 2.45) is 0 Å². The van der Waals surface area contributed by atoms with Crippen LogP contribution in [-0.4, -0.2) is 21.7 Å². The number of benzene rings is 1. The third-order valence-electron chi connectivity index (χ3n) is 4.41. The van der Waals surface area contributed by atoms with E-state index in [0.717, 1.165) is 35.8 Å². The molecule has 0 radical (unpaired) electrons. The molecule has 0 aliphatic rings. The van der Waals surface area contributed by atoms with E-state index in [9.17, 15) is 8.42 Å². The Labute approximate surface area is 159 Å². The molecule has 5 heteroatoms. The SMILES string of the molecule is C=C(C[Si](C)(C)C)C(CCCc1ccco1)S(=O)(=O)c1ccc(C)cc1. The smallest absolute Gasteiger partial charge is 0.185 e. The lowest BCUT2D eigenvalue weighted by Gasteiger charge is -2.25. The van der Waals surface area contributed by atoms with Crippen LogP contribution in [0.25, 0.3) is 0 Å². The van der Waals surface area contributed by atoms with Crippen molar-refractivity contribution in [3.8, 4) is 0 Å². The van der Waals surface area contributed by atoms with Gasteiger partial charge in [0.25, 0.3) is 0 Å². The Morgan fingerprint density at radius 2 is 1.81 bits per heavy atom. The lowest BCUT2D eigenvalue weighted by Crippen LogP contribution is -2.29. The quantitative estimate of drug-likeness (QED) is 0.411. The highest BCUT2D eigenvalue weighted by atomic mass is 32.2. The van der Waals surface area contributed by atoms with Crippen molar-refractivity contribution in [1.82, 2.24) is 0 Å². The molecule has 0 bridgehead atoms. The molecule has 2 rings (SSSR count). The van der Waals surface area contributed by atoms with E-state index < -0.39 is 23.2 Å². The van der Waals surface area contributed by atoms with Crippen LogP contribution in [-0.2, 0) is 16.3 Å². The first-order chi connectivity index (χ1) is 12.1. The molecule has 1 unspecified atom stereocenters. The van der Waals surface area contributed by atoms with Gasteiger partial charge in [-0.3, -0.25) is 0 Å². The summed E-state index contributed by atoms with van der Waals surface area (Å²) in [5.74, 6) is 0.896. The molecule has 1 aromatic carbocycles. The van der Waals surface area contributed by atoms with E-state index in [1.54, 1.807) is 18.4 Å². The summed E-state index contributed by atoms with van der Waals surface area (Å²) in [6.45, 7) is 12.9. The summed E-state index contributed by atoms with van der Waals surface area (Å²) in [5.41, 5.74) is 1.91. The van der Waals surface area contributed by atoms with Crippen molar-refractivity contribution in [3.63, 3.8) is 0 Å². The topological polar surface area (TPSA) is 47.3 Å². The second-order valence-electron chi connectivity index (χ2n) is 8.21. The van der Waals surface area contributed by atoms with Crippen LogP contribution in [0, 0.1) is 6.92 Å². The summed E-state index contributed by atoms with van der Waals surface area (Å²) in [6, 6.07) is 11.8. The third kappa shape index (κ3) is 5.71. The summed E-state index contributed by atoms with van der Waals surface area (Å²) >= 11 is 0. The number of sulfone groups is 1. The van der Waals surface area contributed by atoms with Gasteiger partial charge in [0.05, 0.1) is 16.4 Å². The predicted molar refractivity (Wildman–Crippen MR) is 111 cm³/mol. The van der Waals surface area contributed by atoms with E-state index in [2.05, 4.69) is 26.2 Å². The Kier molecular flexibility index (Phi) is 6.69. The fraction of sp³-hybridized carbons (Fsp3) is 0.429. The normalized spacial score (nSPS) is 13.5. The average Bonchev–Trinajstić information content (AvgIpc) is 3.03. The molecule has 0 fully saturated rings. The molecular weight excluding hydrogens is 360 g/mol. The summed E-state index contributed by atoms with van der Waals surface area (Å²) in [6.07, 6.45) is 3.72. The van der Waals surface area contributed by atoms with Crippen LogP contribution in [0.2, 0.25) is 25.7 Å². The first-order valence-corrected chi connectivity index (χ1v) is 14.4. The summed E-state index contributed by atoms with van der Waals surface area (Å²) < 4.78 is 32.0. The van der Waals surface area contributed by atoms with E-state index in [1.165, 1.54) is 0 Å². The first-order valence-electron chi connectivity index (χ1n) is 9.10. The Morgan fingerprint density at radius 1 is 1.15 bits per heavy atom. The number of hydrogen-bond donors (Lipinski definition) is 0. The van der Waals surface area contributed by atoms with Crippen molar-refractivity contribution in [3.05, 3.63) is 66.1 Å². The number of rotatable bonds is 9. The molecule has 0 amide bonds. The van der Waals surface area contributed by atoms with Gasteiger partial charge in [0.15, 0.2) is 9.84 Å². The predicted octanol–water partition coefficient (Wildman–Crippen LogP) is 5.65. The summed E-state index contributed by atoms with van der Waals surface area (Å²) in [7, 11) is -4.89. The Bertz CT molecular complexity index is 813. The summed E-state index contributed by atoms with van der Waals surface area (Å²) in [5, 5.41) is -0.535. The maximum absolute atomic E-state index is 13.3. The fourth-order valence-electron chi connectivity index (χ4n) is 3.18. The van der Waals surface area contributed by atoms with Gasteiger partial charge in [0.1, 0.15) is 5.76 Å². The van der Waals surface area contributed by atoms with Gasteiger partial charge in [-0.15, -0.1) is 0 Å². The van der Waals surface area contributed by atoms with Gasteiger partial charge in [-0.2, -0.15) is 0 Å². The molecule has 0 saturated carbocycles. The second-order valence-corrected chi connectivity index (χ2v) is 15.8. The molecule has 0 N–H and O–H groups in total. The molecule has 0 aliphatic carbocycles. The van der Waals surface area contributed by atoms with Gasteiger partial charge in [0.2, 0.25) is 0 Å². The summed E-state index contributed by atoms with van der Waals surface area (Å²) in [4.78, 5) is 0.392. The van der Waals surface area contributed by atoms with E-state index in [-0.39, 0.29) is 0 Å². The maximum Gasteiger partial charge on any atom is 0.185 e. The van der Waals surface area contributed by atoms with Gasteiger partial charge in [-0.05, 0) is 50.1 Å². The Morgan fingerprint density at radius 3 is 2.35 bits per heavy atom. The first kappa shape index (κ1) is 20.7. The van der Waals surface area contributed by atoms with E-state index in [4.69, 9.17) is 4.42 Å². The van der Waals surface area contributed by atoms with Gasteiger partial charge < -0.3 is 4.42 Å². The minimum atomic E-state index is -3.44. The molecule has 1 aromatic heterocycles. The molecule has 26 heavy (non-hydrogen) atoms. The van der Waals surface area contributed by atoms with Gasteiger partial charge in [-0.25, -0.2) is 8.42 Å². The number of furan rings is 1. The van der Waals surface area contributed by atoms with Crippen molar-refractivity contribution in [1.29, 1.82) is 0 Å². The molecular formula is C21H30O3SSi. The van der Waals surface area contributed by atoms with Crippen LogP contribution >= 0.6 is 0 Å². The van der Waals surface area contributed by atoms with Crippen LogP contribution in [0.3, 0.4) is 0 Å². The van der Waals surface area contributed by atoms with Gasteiger partial charge in [-0.1, -0.05) is 49.5 Å². The van der Waals surface area contributed by atoms with Crippen molar-refractivity contribution >= 4 is 17.9 Å². The third-order valence-corrected chi connectivity index (χ3v) is 8.17. The molecule has 1 atom stereocenters. The molecule has 142 valence electrons. The molecule has 0 aliphatic heterocycles. The average molecular weight is 391 g/mol. The van der Waals surface area contributed by atoms with Crippen LogP contribution in [0.15, 0.2) is 64.1 Å². The fourth-order valence-corrected chi connectivity index (χ4v) is 6.78. The highest BCUT2D eigenvalue weighted by Crippen LogP contribution is 2.30. The number of aryl methyl sites for hydroxylation is 2. The minimum Gasteiger partial charge on any atom is -0.469 e. The molecule has 2 aromatic rings. The van der Waals surface area contributed by atoms with E-state index >= 15 is 0 Å². The van der Waals surface area contributed by atoms with Crippen molar-refractivity contribution < 1.29 is 12.8 Å².